The maximum atomic E-state index is 13.2. The molecule has 0 spiro atoms. The highest BCUT2D eigenvalue weighted by molar-refractivity contribution is 6.01. The Morgan fingerprint density at radius 1 is 1.08 bits per heavy atom. The molecule has 0 atom stereocenters. The summed E-state index contributed by atoms with van der Waals surface area (Å²) in [7, 11) is 0. The Morgan fingerprint density at radius 3 is 2.70 bits per heavy atom. The summed E-state index contributed by atoms with van der Waals surface area (Å²) in [5.74, 6) is 1.30. The number of carbonyl (C=O) groups is 1. The second kappa shape index (κ2) is 12.8. The molecule has 192 valence electrons. The summed E-state index contributed by atoms with van der Waals surface area (Å²) in [6, 6.07) is 14.0. The molecule has 0 saturated heterocycles. The van der Waals surface area contributed by atoms with E-state index in [1.807, 2.05) is 24.3 Å². The van der Waals surface area contributed by atoms with E-state index >= 15 is 0 Å². The quantitative estimate of drug-likeness (QED) is 0.0991. The Morgan fingerprint density at radius 2 is 1.89 bits per heavy atom. The Hall–Kier alpha value is -3.96. The fourth-order valence-corrected chi connectivity index (χ4v) is 4.80. The number of rotatable bonds is 12. The summed E-state index contributed by atoms with van der Waals surface area (Å²) in [5, 5.41) is 3.55. The van der Waals surface area contributed by atoms with Crippen LogP contribution in [0.25, 0.3) is 16.0 Å². The molecule has 0 radical (unpaired) electrons. The van der Waals surface area contributed by atoms with Crippen LogP contribution in [0.15, 0.2) is 77.1 Å². The van der Waals surface area contributed by atoms with Gasteiger partial charge in [0.05, 0.1) is 12.2 Å². The molecule has 2 aromatic rings. The third kappa shape index (κ3) is 6.07. The van der Waals surface area contributed by atoms with Crippen LogP contribution in [-0.2, 0) is 4.74 Å². The van der Waals surface area contributed by atoms with Gasteiger partial charge >= 0.3 is 5.97 Å². The van der Waals surface area contributed by atoms with Crippen molar-refractivity contribution in [3.63, 3.8) is 0 Å². The van der Waals surface area contributed by atoms with Crippen LogP contribution in [-0.4, -0.2) is 32.2 Å². The first-order valence-corrected chi connectivity index (χ1v) is 13.1. The molecule has 0 saturated carbocycles. The van der Waals surface area contributed by atoms with E-state index in [4.69, 9.17) is 15.0 Å². The SMILES string of the molecule is CCN(CC)c1ccc2c(c1)OC1=CCC=CC1=C2c1ccccc1C(=O)OCCCCCCN=[N+]=[N-]. The zero-order chi connectivity index (χ0) is 26.0. The summed E-state index contributed by atoms with van der Waals surface area (Å²) in [5.41, 5.74) is 13.8. The van der Waals surface area contributed by atoms with Gasteiger partial charge in [0.2, 0.25) is 0 Å². The minimum atomic E-state index is -0.323. The molecule has 0 amide bonds. The number of carbonyl (C=O) groups excluding carboxylic acids is 1. The highest BCUT2D eigenvalue weighted by atomic mass is 16.5. The van der Waals surface area contributed by atoms with Gasteiger partial charge in [0.15, 0.2) is 0 Å². The van der Waals surface area contributed by atoms with Crippen molar-refractivity contribution in [2.75, 3.05) is 31.1 Å². The number of esters is 1. The van der Waals surface area contributed by atoms with E-state index in [-0.39, 0.29) is 5.97 Å². The number of anilines is 1. The van der Waals surface area contributed by atoms with E-state index in [2.05, 4.69) is 65.2 Å². The van der Waals surface area contributed by atoms with Gasteiger partial charge in [-0.25, -0.2) is 4.79 Å². The number of hydrogen-bond acceptors (Lipinski definition) is 5. The minimum absolute atomic E-state index is 0.323. The van der Waals surface area contributed by atoms with Crippen LogP contribution in [0.1, 0.15) is 67.4 Å². The second-order valence-corrected chi connectivity index (χ2v) is 9.00. The molecule has 2 aromatic carbocycles. The molecule has 4 rings (SSSR count). The molecular weight excluding hydrogens is 464 g/mol. The van der Waals surface area contributed by atoms with Gasteiger partial charge in [-0.1, -0.05) is 48.3 Å². The maximum absolute atomic E-state index is 13.2. The van der Waals surface area contributed by atoms with Crippen molar-refractivity contribution < 1.29 is 14.3 Å². The third-order valence-electron chi connectivity index (χ3n) is 6.71. The lowest BCUT2D eigenvalue weighted by atomic mass is 9.85. The number of nitrogens with zero attached hydrogens (tertiary/aromatic N) is 4. The standard InChI is InChI=1S/C30H34N4O3/c1-3-34(4-2)22-17-18-26-28(21-22)37-27-16-10-9-15-25(27)29(26)23-13-7-8-14-24(23)30(35)36-20-12-6-5-11-19-32-33-31/h7-9,13-18,21H,3-6,10-12,19-20H2,1-2H3. The molecule has 0 fully saturated rings. The van der Waals surface area contributed by atoms with Crippen molar-refractivity contribution in [2.24, 2.45) is 5.11 Å². The van der Waals surface area contributed by atoms with E-state index in [0.717, 1.165) is 84.7 Å². The molecular formula is C30H34N4O3. The van der Waals surface area contributed by atoms with Crippen molar-refractivity contribution in [2.45, 2.75) is 46.0 Å². The minimum Gasteiger partial charge on any atom is -0.462 e. The molecule has 2 aliphatic rings. The van der Waals surface area contributed by atoms with Gasteiger partial charge in [-0.15, -0.1) is 0 Å². The maximum Gasteiger partial charge on any atom is 0.338 e. The van der Waals surface area contributed by atoms with Crippen LogP contribution >= 0.6 is 0 Å². The van der Waals surface area contributed by atoms with E-state index < -0.39 is 0 Å². The molecule has 37 heavy (non-hydrogen) atoms. The number of hydrogen-bond donors (Lipinski definition) is 0. The van der Waals surface area contributed by atoms with Gasteiger partial charge < -0.3 is 14.4 Å². The molecule has 0 bridgehead atoms. The Balaban J connectivity index is 1.61. The van der Waals surface area contributed by atoms with Gasteiger partial charge in [0.25, 0.3) is 0 Å². The van der Waals surface area contributed by atoms with Crippen LogP contribution in [0.5, 0.6) is 5.75 Å². The molecule has 7 heteroatoms. The lowest BCUT2D eigenvalue weighted by molar-refractivity contribution is 0.0497. The molecule has 0 unspecified atom stereocenters. The summed E-state index contributed by atoms with van der Waals surface area (Å²) in [6.07, 6.45) is 10.6. The first-order chi connectivity index (χ1) is 18.2. The third-order valence-corrected chi connectivity index (χ3v) is 6.71. The summed E-state index contributed by atoms with van der Waals surface area (Å²) in [6.45, 7) is 6.99. The van der Waals surface area contributed by atoms with Gasteiger partial charge in [-0.05, 0) is 68.5 Å². The van der Waals surface area contributed by atoms with E-state index in [0.29, 0.717) is 18.7 Å². The summed E-state index contributed by atoms with van der Waals surface area (Å²) in [4.78, 5) is 18.3. The van der Waals surface area contributed by atoms with Gasteiger partial charge in [-0.3, -0.25) is 0 Å². The average molecular weight is 499 g/mol. The van der Waals surface area contributed by atoms with Crippen molar-refractivity contribution >= 4 is 17.2 Å². The number of ether oxygens (including phenoxy) is 2. The van der Waals surface area contributed by atoms with Crippen LogP contribution in [0.2, 0.25) is 0 Å². The molecule has 1 heterocycles. The summed E-state index contributed by atoms with van der Waals surface area (Å²) < 4.78 is 12.1. The van der Waals surface area contributed by atoms with E-state index in [1.165, 1.54) is 0 Å². The molecule has 7 nitrogen and oxygen atoms in total. The number of unbranched alkanes of at least 4 members (excludes halogenated alkanes) is 3. The predicted molar refractivity (Wildman–Crippen MR) is 148 cm³/mol. The Kier molecular flexibility index (Phi) is 9.06. The van der Waals surface area contributed by atoms with Crippen molar-refractivity contribution in [3.8, 4) is 5.75 Å². The normalized spacial score (nSPS) is 13.6. The van der Waals surface area contributed by atoms with Crippen molar-refractivity contribution in [1.82, 2.24) is 0 Å². The average Bonchev–Trinajstić information content (AvgIpc) is 2.93. The first kappa shape index (κ1) is 26.1. The second-order valence-electron chi connectivity index (χ2n) is 9.00. The van der Waals surface area contributed by atoms with Crippen molar-refractivity contribution in [1.29, 1.82) is 0 Å². The zero-order valence-electron chi connectivity index (χ0n) is 21.7. The van der Waals surface area contributed by atoms with Crippen LogP contribution in [0.3, 0.4) is 0 Å². The van der Waals surface area contributed by atoms with E-state index in [1.54, 1.807) is 0 Å². The topological polar surface area (TPSA) is 87.5 Å². The first-order valence-electron chi connectivity index (χ1n) is 13.1. The molecule has 1 aliphatic carbocycles. The largest absolute Gasteiger partial charge is 0.462 e. The number of allylic oxidation sites excluding steroid dienone is 3. The highest BCUT2D eigenvalue weighted by Gasteiger charge is 2.28. The fourth-order valence-electron chi connectivity index (χ4n) is 4.80. The number of fused-ring (bicyclic) bond motifs is 2. The Labute approximate surface area is 218 Å². The lowest BCUT2D eigenvalue weighted by Gasteiger charge is -2.29. The zero-order valence-corrected chi connectivity index (χ0v) is 21.7. The van der Waals surface area contributed by atoms with Gasteiger partial charge in [-0.2, -0.15) is 0 Å². The number of azide groups is 1. The van der Waals surface area contributed by atoms with Crippen LogP contribution in [0.4, 0.5) is 5.69 Å². The van der Waals surface area contributed by atoms with Crippen LogP contribution in [0, 0.1) is 0 Å². The molecule has 0 aromatic heterocycles. The summed E-state index contributed by atoms with van der Waals surface area (Å²) >= 11 is 0. The van der Waals surface area contributed by atoms with Gasteiger partial charge in [0.1, 0.15) is 11.5 Å². The fraction of sp³-hybridized carbons (Fsp3) is 0.367. The number of benzene rings is 2. The molecule has 0 N–H and O–H groups in total. The lowest BCUT2D eigenvalue weighted by Crippen LogP contribution is -2.22. The molecule has 1 aliphatic heterocycles. The van der Waals surface area contributed by atoms with Crippen molar-refractivity contribution in [3.05, 3.63) is 99.2 Å². The predicted octanol–water partition coefficient (Wildman–Crippen LogP) is 7.60. The van der Waals surface area contributed by atoms with Gasteiger partial charge in [0, 0.05) is 53.0 Å². The smallest absolute Gasteiger partial charge is 0.338 e. The Bertz CT molecular complexity index is 1270. The van der Waals surface area contributed by atoms with Crippen LogP contribution < -0.4 is 9.64 Å². The van der Waals surface area contributed by atoms with E-state index in [9.17, 15) is 4.79 Å². The monoisotopic (exact) mass is 498 g/mol. The highest BCUT2D eigenvalue weighted by Crippen LogP contribution is 2.45.